The molecule has 0 bridgehead atoms. The summed E-state index contributed by atoms with van der Waals surface area (Å²) < 4.78 is 55.2. The summed E-state index contributed by atoms with van der Waals surface area (Å²) in [5, 5.41) is 0. The minimum absolute atomic E-state index is 0.0328. The zero-order valence-corrected chi connectivity index (χ0v) is 7.06. The largest absolute Gasteiger partial charge is 0.461 e. The summed E-state index contributed by atoms with van der Waals surface area (Å²) in [6.45, 7) is 0.0780. The SMILES string of the molecule is CC(F)(F)C(F)(F)c1ccoc1C=O. The predicted molar refractivity (Wildman–Crippen MR) is 38.6 cm³/mol. The van der Waals surface area contributed by atoms with Crippen molar-refractivity contribution in [2.45, 2.75) is 18.8 Å². The van der Waals surface area contributed by atoms with E-state index in [0.717, 1.165) is 6.26 Å². The van der Waals surface area contributed by atoms with E-state index in [2.05, 4.69) is 4.42 Å². The van der Waals surface area contributed by atoms with E-state index in [1.807, 2.05) is 0 Å². The molecule has 0 N–H and O–H groups in total. The van der Waals surface area contributed by atoms with E-state index in [-0.39, 0.29) is 13.2 Å². The molecule has 6 heteroatoms. The topological polar surface area (TPSA) is 30.2 Å². The third-order valence-electron chi connectivity index (χ3n) is 1.69. The van der Waals surface area contributed by atoms with Crippen molar-refractivity contribution in [2.24, 2.45) is 0 Å². The molecule has 0 unspecified atom stereocenters. The Morgan fingerprint density at radius 2 is 1.93 bits per heavy atom. The van der Waals surface area contributed by atoms with E-state index in [0.29, 0.717) is 6.07 Å². The molecule has 0 radical (unpaired) electrons. The van der Waals surface area contributed by atoms with Crippen LogP contribution in [0.2, 0.25) is 0 Å². The van der Waals surface area contributed by atoms with Crippen molar-refractivity contribution >= 4 is 6.29 Å². The number of halogens is 4. The molecule has 1 heterocycles. The number of hydrogen-bond donors (Lipinski definition) is 0. The molecule has 78 valence electrons. The second-order valence-electron chi connectivity index (χ2n) is 2.78. The van der Waals surface area contributed by atoms with Crippen molar-refractivity contribution in [3.8, 4) is 0 Å². The fourth-order valence-corrected chi connectivity index (χ4v) is 0.908. The number of hydrogen-bond acceptors (Lipinski definition) is 2. The summed E-state index contributed by atoms with van der Waals surface area (Å²) in [6.07, 6.45) is 0.730. The van der Waals surface area contributed by atoms with E-state index in [4.69, 9.17) is 0 Å². The zero-order chi connectivity index (χ0) is 11.0. The lowest BCUT2D eigenvalue weighted by Crippen LogP contribution is -2.35. The van der Waals surface area contributed by atoms with Crippen LogP contribution >= 0.6 is 0 Å². The van der Waals surface area contributed by atoms with Gasteiger partial charge < -0.3 is 4.42 Å². The summed E-state index contributed by atoms with van der Waals surface area (Å²) in [5.41, 5.74) is -1.10. The summed E-state index contributed by atoms with van der Waals surface area (Å²) in [4.78, 5) is 10.2. The van der Waals surface area contributed by atoms with Crippen LogP contribution in [0, 0.1) is 0 Å². The van der Waals surface area contributed by atoms with Gasteiger partial charge in [-0.3, -0.25) is 4.79 Å². The minimum Gasteiger partial charge on any atom is -0.461 e. The molecule has 2 nitrogen and oxygen atoms in total. The van der Waals surface area contributed by atoms with Gasteiger partial charge in [0.25, 0.3) is 0 Å². The number of rotatable bonds is 3. The highest BCUT2D eigenvalue weighted by Gasteiger charge is 2.55. The van der Waals surface area contributed by atoms with Gasteiger partial charge in [0.1, 0.15) is 0 Å². The molecular formula is C8H6F4O2. The highest BCUT2D eigenvalue weighted by Crippen LogP contribution is 2.43. The molecule has 1 aromatic heterocycles. The Bertz CT molecular complexity index is 337. The lowest BCUT2D eigenvalue weighted by atomic mass is 10.0. The van der Waals surface area contributed by atoms with Crippen molar-refractivity contribution in [3.63, 3.8) is 0 Å². The van der Waals surface area contributed by atoms with E-state index in [1.165, 1.54) is 0 Å². The van der Waals surface area contributed by atoms with Crippen molar-refractivity contribution < 1.29 is 26.8 Å². The molecule has 1 aromatic rings. The smallest absolute Gasteiger partial charge is 0.338 e. The molecule has 0 amide bonds. The Labute approximate surface area is 76.5 Å². The van der Waals surface area contributed by atoms with Crippen molar-refractivity contribution in [1.29, 1.82) is 0 Å². The summed E-state index contributed by atoms with van der Waals surface area (Å²) >= 11 is 0. The summed E-state index contributed by atoms with van der Waals surface area (Å²) in [5.74, 6) is -9.43. The van der Waals surface area contributed by atoms with Gasteiger partial charge in [0, 0.05) is 6.92 Å². The second-order valence-corrected chi connectivity index (χ2v) is 2.78. The van der Waals surface area contributed by atoms with Crippen LogP contribution in [0.4, 0.5) is 17.6 Å². The van der Waals surface area contributed by atoms with Crippen LogP contribution in [-0.4, -0.2) is 12.2 Å². The molecule has 0 aliphatic carbocycles. The Morgan fingerprint density at radius 3 is 2.36 bits per heavy atom. The maximum absolute atomic E-state index is 13.0. The van der Waals surface area contributed by atoms with E-state index in [1.54, 1.807) is 0 Å². The van der Waals surface area contributed by atoms with Gasteiger partial charge in [0.05, 0.1) is 11.8 Å². The molecule has 0 atom stereocenters. The number of furan rings is 1. The van der Waals surface area contributed by atoms with Gasteiger partial charge >= 0.3 is 11.8 Å². The first-order valence-corrected chi connectivity index (χ1v) is 3.59. The highest BCUT2D eigenvalue weighted by atomic mass is 19.3. The fraction of sp³-hybridized carbons (Fsp3) is 0.375. The van der Waals surface area contributed by atoms with E-state index < -0.39 is 23.2 Å². The lowest BCUT2D eigenvalue weighted by Gasteiger charge is -2.21. The van der Waals surface area contributed by atoms with Crippen LogP contribution < -0.4 is 0 Å². The molecule has 0 fully saturated rings. The fourth-order valence-electron chi connectivity index (χ4n) is 0.908. The Kier molecular flexibility index (Phi) is 2.39. The van der Waals surface area contributed by atoms with Gasteiger partial charge in [-0.1, -0.05) is 0 Å². The zero-order valence-electron chi connectivity index (χ0n) is 7.06. The van der Waals surface area contributed by atoms with Gasteiger partial charge in [-0.15, -0.1) is 0 Å². The van der Waals surface area contributed by atoms with Crippen LogP contribution in [0.1, 0.15) is 23.0 Å². The molecule has 1 rings (SSSR count). The standard InChI is InChI=1S/C8H6F4O2/c1-7(9,10)8(11,12)5-2-3-14-6(5)4-13/h2-4H,1H3. The number of carbonyl (C=O) groups excluding carboxylic acids is 1. The van der Waals surface area contributed by atoms with E-state index >= 15 is 0 Å². The van der Waals surface area contributed by atoms with Gasteiger partial charge in [-0.2, -0.15) is 17.6 Å². The molecule has 0 spiro atoms. The normalized spacial score (nSPS) is 12.9. The van der Waals surface area contributed by atoms with Crippen LogP contribution in [0.3, 0.4) is 0 Å². The van der Waals surface area contributed by atoms with Crippen LogP contribution in [0.5, 0.6) is 0 Å². The van der Waals surface area contributed by atoms with Crippen LogP contribution in [-0.2, 0) is 5.92 Å². The van der Waals surface area contributed by atoms with Crippen LogP contribution in [0.15, 0.2) is 16.7 Å². The second kappa shape index (κ2) is 3.11. The van der Waals surface area contributed by atoms with Gasteiger partial charge in [0.2, 0.25) is 0 Å². The first-order valence-electron chi connectivity index (χ1n) is 3.59. The molecular weight excluding hydrogens is 204 g/mol. The number of aldehydes is 1. The van der Waals surface area contributed by atoms with Crippen molar-refractivity contribution in [2.75, 3.05) is 0 Å². The lowest BCUT2D eigenvalue weighted by molar-refractivity contribution is -0.205. The number of carbonyl (C=O) groups is 1. The Hall–Kier alpha value is -1.33. The third-order valence-corrected chi connectivity index (χ3v) is 1.69. The predicted octanol–water partition coefficient (Wildman–Crippen LogP) is 2.84. The maximum Gasteiger partial charge on any atom is 0.338 e. The Morgan fingerprint density at radius 1 is 1.36 bits per heavy atom. The van der Waals surface area contributed by atoms with E-state index in [9.17, 15) is 22.4 Å². The van der Waals surface area contributed by atoms with Crippen molar-refractivity contribution in [1.82, 2.24) is 0 Å². The Balaban J connectivity index is 3.22. The molecule has 0 aromatic carbocycles. The molecule has 0 saturated carbocycles. The van der Waals surface area contributed by atoms with Gasteiger partial charge in [0.15, 0.2) is 12.0 Å². The summed E-state index contributed by atoms with van der Waals surface area (Å²) in [7, 11) is 0. The third kappa shape index (κ3) is 1.51. The van der Waals surface area contributed by atoms with Gasteiger partial charge in [-0.05, 0) is 6.07 Å². The first-order chi connectivity index (χ1) is 6.30. The maximum atomic E-state index is 13.0. The monoisotopic (exact) mass is 210 g/mol. The van der Waals surface area contributed by atoms with Gasteiger partial charge in [-0.25, -0.2) is 0 Å². The quantitative estimate of drug-likeness (QED) is 0.567. The average Bonchev–Trinajstić information content (AvgIpc) is 2.49. The molecule has 0 aliphatic heterocycles. The molecule has 14 heavy (non-hydrogen) atoms. The average molecular weight is 210 g/mol. The summed E-state index contributed by atoms with van der Waals surface area (Å²) in [6, 6.07) is 0.654. The highest BCUT2D eigenvalue weighted by molar-refractivity contribution is 5.73. The first kappa shape index (κ1) is 10.7. The molecule has 0 saturated heterocycles. The van der Waals surface area contributed by atoms with Crippen molar-refractivity contribution in [3.05, 3.63) is 23.7 Å². The minimum atomic E-state index is -4.41. The van der Waals surface area contributed by atoms with Crippen LogP contribution in [0.25, 0.3) is 0 Å². The molecule has 0 aliphatic rings. The number of alkyl halides is 4.